The van der Waals surface area contributed by atoms with Crippen molar-refractivity contribution < 1.29 is 9.90 Å². The zero-order chi connectivity index (χ0) is 11.1. The van der Waals surface area contributed by atoms with E-state index in [2.05, 4.69) is 11.8 Å². The predicted octanol–water partition coefficient (Wildman–Crippen LogP) is 1.81. The van der Waals surface area contributed by atoms with E-state index in [4.69, 9.17) is 5.11 Å². The number of hydrogen-bond acceptors (Lipinski definition) is 3. The Labute approximate surface area is 93.7 Å². The molecule has 15 heavy (non-hydrogen) atoms. The van der Waals surface area contributed by atoms with E-state index >= 15 is 0 Å². The van der Waals surface area contributed by atoms with Crippen LogP contribution >= 0.6 is 11.8 Å². The van der Waals surface area contributed by atoms with Gasteiger partial charge < -0.3 is 5.11 Å². The number of aliphatic hydroxyl groups is 1. The Bertz CT molecular complexity index is 384. The maximum atomic E-state index is 10.6. The lowest BCUT2D eigenvalue weighted by Crippen LogP contribution is -1.84. The minimum absolute atomic E-state index is 0.0495. The Morgan fingerprint density at radius 2 is 2.07 bits per heavy atom. The predicted molar refractivity (Wildman–Crippen MR) is 62.4 cm³/mol. The molecule has 3 heteroatoms. The van der Waals surface area contributed by atoms with E-state index in [9.17, 15) is 4.79 Å². The lowest BCUT2D eigenvalue weighted by Gasteiger charge is -1.94. The smallest absolute Gasteiger partial charge is 0.186 e. The third-order valence-electron chi connectivity index (χ3n) is 1.72. The summed E-state index contributed by atoms with van der Waals surface area (Å²) in [4.78, 5) is 10.6. The summed E-state index contributed by atoms with van der Waals surface area (Å²) in [7, 11) is 0. The second kappa shape index (κ2) is 6.28. The van der Waals surface area contributed by atoms with Crippen LogP contribution < -0.4 is 0 Å². The van der Waals surface area contributed by atoms with Crippen molar-refractivity contribution in [3.05, 3.63) is 35.4 Å². The normalized spacial score (nSPS) is 9.20. The summed E-state index contributed by atoms with van der Waals surface area (Å²) >= 11 is 1.21. The average molecular weight is 220 g/mol. The first-order chi connectivity index (χ1) is 7.22. The summed E-state index contributed by atoms with van der Waals surface area (Å²) in [6.07, 6.45) is 0. The van der Waals surface area contributed by atoms with Gasteiger partial charge >= 0.3 is 0 Å². The molecular formula is C12H12O2S. The molecule has 0 aliphatic carbocycles. The largest absolute Gasteiger partial charge is 0.392 e. The quantitative estimate of drug-likeness (QED) is 0.772. The van der Waals surface area contributed by atoms with Gasteiger partial charge in [0.1, 0.15) is 0 Å². The Balaban J connectivity index is 2.52. The molecule has 0 unspecified atom stereocenters. The van der Waals surface area contributed by atoms with Gasteiger partial charge in [0.15, 0.2) is 5.12 Å². The molecule has 0 saturated carbocycles. The molecule has 0 radical (unpaired) electrons. The molecule has 1 aromatic carbocycles. The molecule has 2 nitrogen and oxygen atoms in total. The van der Waals surface area contributed by atoms with E-state index in [0.29, 0.717) is 5.75 Å². The SMILES string of the molecule is CC(=O)SCC#Cc1ccc(CO)cc1. The van der Waals surface area contributed by atoms with Gasteiger partial charge in [-0.25, -0.2) is 0 Å². The van der Waals surface area contributed by atoms with Crippen LogP contribution in [0.5, 0.6) is 0 Å². The highest BCUT2D eigenvalue weighted by Gasteiger charge is 1.90. The van der Waals surface area contributed by atoms with Crippen molar-refractivity contribution in [2.75, 3.05) is 5.75 Å². The first-order valence-corrected chi connectivity index (χ1v) is 5.53. The van der Waals surface area contributed by atoms with E-state index in [0.717, 1.165) is 11.1 Å². The van der Waals surface area contributed by atoms with Gasteiger partial charge in [0.25, 0.3) is 0 Å². The summed E-state index contributed by atoms with van der Waals surface area (Å²) in [5.74, 6) is 6.37. The van der Waals surface area contributed by atoms with Crippen molar-refractivity contribution in [3.8, 4) is 11.8 Å². The second-order valence-corrected chi connectivity index (χ2v) is 4.09. The molecule has 78 valence electrons. The van der Waals surface area contributed by atoms with E-state index in [1.54, 1.807) is 0 Å². The molecule has 0 atom stereocenters. The van der Waals surface area contributed by atoms with Crippen molar-refractivity contribution in [1.29, 1.82) is 0 Å². The molecule has 0 heterocycles. The minimum Gasteiger partial charge on any atom is -0.392 e. The highest BCUT2D eigenvalue weighted by molar-refractivity contribution is 8.13. The maximum Gasteiger partial charge on any atom is 0.186 e. The molecule has 0 aliphatic heterocycles. The molecule has 0 aliphatic rings. The molecule has 0 spiro atoms. The van der Waals surface area contributed by atoms with E-state index in [1.807, 2.05) is 24.3 Å². The lowest BCUT2D eigenvalue weighted by atomic mass is 10.1. The number of benzene rings is 1. The molecule has 1 aromatic rings. The Morgan fingerprint density at radius 1 is 1.40 bits per heavy atom. The number of carbonyl (C=O) groups excluding carboxylic acids is 1. The van der Waals surface area contributed by atoms with Gasteiger partial charge in [-0.05, 0) is 17.7 Å². The molecule has 0 saturated heterocycles. The van der Waals surface area contributed by atoms with Crippen LogP contribution in [0, 0.1) is 11.8 Å². The Kier molecular flexibility index (Phi) is 4.96. The fourth-order valence-corrected chi connectivity index (χ4v) is 1.32. The molecular weight excluding hydrogens is 208 g/mol. The van der Waals surface area contributed by atoms with Crippen molar-refractivity contribution in [1.82, 2.24) is 0 Å². The van der Waals surface area contributed by atoms with Gasteiger partial charge in [-0.15, -0.1) is 0 Å². The Hall–Kier alpha value is -1.24. The first kappa shape index (κ1) is 11.8. The molecule has 1 rings (SSSR count). The van der Waals surface area contributed by atoms with Gasteiger partial charge in [-0.2, -0.15) is 0 Å². The van der Waals surface area contributed by atoms with Crippen LogP contribution in [0.2, 0.25) is 0 Å². The van der Waals surface area contributed by atoms with Crippen molar-refractivity contribution in [3.63, 3.8) is 0 Å². The van der Waals surface area contributed by atoms with Gasteiger partial charge in [0.05, 0.1) is 12.4 Å². The van der Waals surface area contributed by atoms with E-state index in [1.165, 1.54) is 18.7 Å². The zero-order valence-corrected chi connectivity index (χ0v) is 9.30. The number of hydrogen-bond donors (Lipinski definition) is 1. The van der Waals surface area contributed by atoms with Crippen LogP contribution in [-0.4, -0.2) is 16.0 Å². The number of rotatable bonds is 2. The molecule has 0 fully saturated rings. The minimum atomic E-state index is 0.0495. The fraction of sp³-hybridized carbons (Fsp3) is 0.250. The number of carbonyl (C=O) groups is 1. The van der Waals surface area contributed by atoms with E-state index in [-0.39, 0.29) is 11.7 Å². The maximum absolute atomic E-state index is 10.6. The summed E-state index contributed by atoms with van der Waals surface area (Å²) < 4.78 is 0. The van der Waals surface area contributed by atoms with Crippen LogP contribution in [0.25, 0.3) is 0 Å². The molecule has 0 amide bonds. The molecule has 0 aromatic heterocycles. The molecule has 1 N–H and O–H groups in total. The number of thioether (sulfide) groups is 1. The van der Waals surface area contributed by atoms with Crippen LogP contribution in [0.1, 0.15) is 18.1 Å². The van der Waals surface area contributed by atoms with Crippen LogP contribution in [0.15, 0.2) is 24.3 Å². The summed E-state index contributed by atoms with van der Waals surface area (Å²) in [5.41, 5.74) is 1.77. The first-order valence-electron chi connectivity index (χ1n) is 4.54. The fourth-order valence-electron chi connectivity index (χ4n) is 0.969. The monoisotopic (exact) mass is 220 g/mol. The van der Waals surface area contributed by atoms with Gasteiger partial charge in [0.2, 0.25) is 0 Å². The lowest BCUT2D eigenvalue weighted by molar-refractivity contribution is -0.109. The summed E-state index contributed by atoms with van der Waals surface area (Å²) in [6.45, 7) is 1.58. The molecule has 0 bridgehead atoms. The van der Waals surface area contributed by atoms with Gasteiger partial charge in [-0.3, -0.25) is 4.79 Å². The van der Waals surface area contributed by atoms with Crippen molar-refractivity contribution in [2.45, 2.75) is 13.5 Å². The highest BCUT2D eigenvalue weighted by atomic mass is 32.2. The topological polar surface area (TPSA) is 37.3 Å². The third kappa shape index (κ3) is 4.68. The van der Waals surface area contributed by atoms with Crippen molar-refractivity contribution >= 4 is 16.9 Å². The van der Waals surface area contributed by atoms with Crippen LogP contribution in [-0.2, 0) is 11.4 Å². The third-order valence-corrected chi connectivity index (χ3v) is 2.41. The van der Waals surface area contributed by atoms with Crippen molar-refractivity contribution in [2.24, 2.45) is 0 Å². The Morgan fingerprint density at radius 3 is 2.60 bits per heavy atom. The van der Waals surface area contributed by atoms with Crippen LogP contribution in [0.3, 0.4) is 0 Å². The standard InChI is InChI=1S/C12H12O2S/c1-10(14)15-8-2-3-11-4-6-12(9-13)7-5-11/h4-7,13H,8-9H2,1H3. The zero-order valence-electron chi connectivity index (χ0n) is 8.49. The summed E-state index contributed by atoms with van der Waals surface area (Å²) in [5, 5.41) is 8.91. The van der Waals surface area contributed by atoms with Gasteiger partial charge in [0, 0.05) is 12.5 Å². The van der Waals surface area contributed by atoms with E-state index < -0.39 is 0 Å². The highest BCUT2D eigenvalue weighted by Crippen LogP contribution is 2.03. The summed E-state index contributed by atoms with van der Waals surface area (Å²) in [6, 6.07) is 7.39. The second-order valence-electron chi connectivity index (χ2n) is 2.94. The van der Waals surface area contributed by atoms with Crippen LogP contribution in [0.4, 0.5) is 0 Å². The number of aliphatic hydroxyl groups excluding tert-OH is 1. The average Bonchev–Trinajstić information content (AvgIpc) is 2.25. The van der Waals surface area contributed by atoms with Gasteiger partial charge in [-0.1, -0.05) is 35.7 Å².